The zero-order valence-electron chi connectivity index (χ0n) is 13.2. The molecule has 0 radical (unpaired) electrons. The molecule has 0 bridgehead atoms. The van der Waals surface area contributed by atoms with E-state index in [1.54, 1.807) is 0 Å². The number of thioether (sulfide) groups is 1. The average molecular weight is 298 g/mol. The molecule has 1 unspecified atom stereocenters. The molecule has 5 heteroatoms. The predicted octanol–water partition coefficient (Wildman–Crippen LogP) is 1.78. The number of guanidine groups is 1. The molecular formula is C15H30N4S. The Bertz CT molecular complexity index is 318. The van der Waals surface area contributed by atoms with Gasteiger partial charge in [0, 0.05) is 24.9 Å². The molecule has 2 heterocycles. The minimum Gasteiger partial charge on any atom is -0.356 e. The number of nitrogens with one attached hydrogen (secondary N) is 2. The van der Waals surface area contributed by atoms with E-state index in [1.165, 1.54) is 44.5 Å². The molecule has 0 aromatic carbocycles. The lowest BCUT2D eigenvalue weighted by Gasteiger charge is -2.30. The lowest BCUT2D eigenvalue weighted by molar-refractivity contribution is 0.220. The minimum atomic E-state index is 0.394. The largest absolute Gasteiger partial charge is 0.356 e. The molecule has 2 fully saturated rings. The van der Waals surface area contributed by atoms with Crippen LogP contribution in [0.4, 0.5) is 0 Å². The first-order chi connectivity index (χ1) is 9.61. The predicted molar refractivity (Wildman–Crippen MR) is 89.7 cm³/mol. The molecule has 0 spiro atoms. The molecule has 2 saturated heterocycles. The van der Waals surface area contributed by atoms with Crippen molar-refractivity contribution in [3.8, 4) is 0 Å². The van der Waals surface area contributed by atoms with Gasteiger partial charge in [0.25, 0.3) is 0 Å². The fourth-order valence-corrected chi connectivity index (χ4v) is 4.22. The van der Waals surface area contributed by atoms with E-state index in [0.29, 0.717) is 4.75 Å². The fourth-order valence-electron chi connectivity index (χ4n) is 2.97. The number of nitrogens with zero attached hydrogens (tertiary/aromatic N) is 2. The van der Waals surface area contributed by atoms with Crippen molar-refractivity contribution in [3.63, 3.8) is 0 Å². The van der Waals surface area contributed by atoms with Crippen molar-refractivity contribution in [2.45, 2.75) is 37.4 Å². The van der Waals surface area contributed by atoms with Gasteiger partial charge in [-0.05, 0) is 64.4 Å². The Labute approximate surface area is 128 Å². The first-order valence-corrected chi connectivity index (χ1v) is 8.87. The number of aliphatic imine (C=N–C) groups is 1. The van der Waals surface area contributed by atoms with E-state index in [0.717, 1.165) is 25.0 Å². The third kappa shape index (κ3) is 4.85. The number of likely N-dealkylation sites (tertiary alicyclic amines) is 1. The number of rotatable bonds is 4. The van der Waals surface area contributed by atoms with Crippen LogP contribution in [0.2, 0.25) is 0 Å². The first-order valence-electron chi connectivity index (χ1n) is 7.88. The van der Waals surface area contributed by atoms with Gasteiger partial charge in [-0.2, -0.15) is 11.8 Å². The van der Waals surface area contributed by atoms with Crippen LogP contribution in [0.3, 0.4) is 0 Å². The summed E-state index contributed by atoms with van der Waals surface area (Å²) >= 11 is 2.09. The minimum absolute atomic E-state index is 0.394. The number of hydrogen-bond donors (Lipinski definition) is 2. The Morgan fingerprint density at radius 3 is 2.70 bits per heavy atom. The van der Waals surface area contributed by atoms with E-state index in [4.69, 9.17) is 0 Å². The molecule has 2 rings (SSSR count). The summed E-state index contributed by atoms with van der Waals surface area (Å²) < 4.78 is 0.394. The van der Waals surface area contributed by atoms with Gasteiger partial charge in [-0.3, -0.25) is 4.99 Å². The van der Waals surface area contributed by atoms with Crippen LogP contribution in [-0.4, -0.2) is 61.6 Å². The maximum Gasteiger partial charge on any atom is 0.191 e. The second-order valence-corrected chi connectivity index (χ2v) is 8.14. The Balaban J connectivity index is 1.67. The van der Waals surface area contributed by atoms with Crippen LogP contribution in [-0.2, 0) is 0 Å². The molecule has 2 N–H and O–H groups in total. The third-order valence-electron chi connectivity index (χ3n) is 4.55. The lowest BCUT2D eigenvalue weighted by Crippen LogP contribution is -2.46. The van der Waals surface area contributed by atoms with Crippen LogP contribution in [0, 0.1) is 5.92 Å². The van der Waals surface area contributed by atoms with Gasteiger partial charge >= 0.3 is 0 Å². The van der Waals surface area contributed by atoms with Gasteiger partial charge in [-0.25, -0.2) is 0 Å². The van der Waals surface area contributed by atoms with Crippen molar-refractivity contribution in [2.24, 2.45) is 10.9 Å². The summed E-state index contributed by atoms with van der Waals surface area (Å²) in [7, 11) is 4.08. The Hall–Kier alpha value is -0.420. The summed E-state index contributed by atoms with van der Waals surface area (Å²) in [5.74, 6) is 3.07. The molecule has 0 saturated carbocycles. The van der Waals surface area contributed by atoms with Gasteiger partial charge < -0.3 is 15.5 Å². The standard InChI is InChI=1S/C15H30N4S/c1-15(7-4-10-20-15)12-18-14(16-2)17-11-13-5-8-19(3)9-6-13/h13H,4-12H2,1-3H3,(H2,16,17,18). The summed E-state index contributed by atoms with van der Waals surface area (Å²) in [5.41, 5.74) is 0. The Morgan fingerprint density at radius 2 is 2.10 bits per heavy atom. The zero-order chi connectivity index (χ0) is 14.4. The maximum atomic E-state index is 4.35. The average Bonchev–Trinajstić information content (AvgIpc) is 2.88. The molecule has 20 heavy (non-hydrogen) atoms. The van der Waals surface area contributed by atoms with E-state index >= 15 is 0 Å². The molecule has 116 valence electrons. The fraction of sp³-hybridized carbons (Fsp3) is 0.933. The van der Waals surface area contributed by atoms with Crippen LogP contribution in [0.15, 0.2) is 4.99 Å². The maximum absolute atomic E-state index is 4.35. The second kappa shape index (κ2) is 7.55. The van der Waals surface area contributed by atoms with Crippen molar-refractivity contribution in [2.75, 3.05) is 46.0 Å². The zero-order valence-corrected chi connectivity index (χ0v) is 14.1. The molecular weight excluding hydrogens is 268 g/mol. The van der Waals surface area contributed by atoms with Gasteiger partial charge in [0.15, 0.2) is 5.96 Å². The van der Waals surface area contributed by atoms with Gasteiger partial charge in [0.05, 0.1) is 0 Å². The first kappa shape index (κ1) is 16.0. The Kier molecular flexibility index (Phi) is 6.02. The monoisotopic (exact) mass is 298 g/mol. The smallest absolute Gasteiger partial charge is 0.191 e. The van der Waals surface area contributed by atoms with Gasteiger partial charge in [-0.1, -0.05) is 0 Å². The van der Waals surface area contributed by atoms with Gasteiger partial charge in [0.1, 0.15) is 0 Å². The van der Waals surface area contributed by atoms with Gasteiger partial charge in [-0.15, -0.1) is 0 Å². The highest BCUT2D eigenvalue weighted by Gasteiger charge is 2.29. The Morgan fingerprint density at radius 1 is 1.35 bits per heavy atom. The van der Waals surface area contributed by atoms with E-state index in [2.05, 4.69) is 46.3 Å². The van der Waals surface area contributed by atoms with Crippen LogP contribution < -0.4 is 10.6 Å². The molecule has 0 aromatic rings. The lowest BCUT2D eigenvalue weighted by atomic mass is 9.97. The molecule has 2 aliphatic heterocycles. The summed E-state index contributed by atoms with van der Waals surface area (Å²) in [4.78, 5) is 6.77. The second-order valence-electron chi connectivity index (χ2n) is 6.46. The van der Waals surface area contributed by atoms with Crippen molar-refractivity contribution < 1.29 is 0 Å². The van der Waals surface area contributed by atoms with E-state index in [1.807, 2.05) is 7.05 Å². The van der Waals surface area contributed by atoms with Crippen molar-refractivity contribution in [1.82, 2.24) is 15.5 Å². The highest BCUT2D eigenvalue weighted by atomic mass is 32.2. The van der Waals surface area contributed by atoms with Crippen molar-refractivity contribution in [1.29, 1.82) is 0 Å². The summed E-state index contributed by atoms with van der Waals surface area (Å²) in [5, 5.41) is 7.01. The number of piperidine rings is 1. The van der Waals surface area contributed by atoms with Crippen LogP contribution in [0.25, 0.3) is 0 Å². The van der Waals surface area contributed by atoms with Crippen molar-refractivity contribution >= 4 is 17.7 Å². The van der Waals surface area contributed by atoms with Crippen LogP contribution >= 0.6 is 11.8 Å². The SMILES string of the molecule is CN=C(NCC1CCN(C)CC1)NCC1(C)CCCS1. The molecule has 1 atom stereocenters. The number of hydrogen-bond acceptors (Lipinski definition) is 3. The summed E-state index contributed by atoms with van der Waals surface area (Å²) in [6.07, 6.45) is 5.27. The van der Waals surface area contributed by atoms with Crippen molar-refractivity contribution in [3.05, 3.63) is 0 Å². The highest BCUT2D eigenvalue weighted by Crippen LogP contribution is 2.36. The highest BCUT2D eigenvalue weighted by molar-refractivity contribution is 8.00. The molecule has 4 nitrogen and oxygen atoms in total. The summed E-state index contributed by atoms with van der Waals surface area (Å²) in [6.45, 7) is 6.89. The van der Waals surface area contributed by atoms with Gasteiger partial charge in [0.2, 0.25) is 0 Å². The topological polar surface area (TPSA) is 39.7 Å². The molecule has 0 aliphatic carbocycles. The quantitative estimate of drug-likeness (QED) is 0.613. The molecule has 0 aromatic heterocycles. The third-order valence-corrected chi connectivity index (χ3v) is 6.09. The van der Waals surface area contributed by atoms with E-state index < -0.39 is 0 Å². The molecule has 0 amide bonds. The van der Waals surface area contributed by atoms with E-state index in [9.17, 15) is 0 Å². The molecule has 2 aliphatic rings. The summed E-state index contributed by atoms with van der Waals surface area (Å²) in [6, 6.07) is 0. The van der Waals surface area contributed by atoms with Crippen LogP contribution in [0.5, 0.6) is 0 Å². The van der Waals surface area contributed by atoms with Crippen LogP contribution in [0.1, 0.15) is 32.6 Å². The van der Waals surface area contributed by atoms with E-state index in [-0.39, 0.29) is 0 Å². The normalized spacial score (nSPS) is 29.6.